The van der Waals surface area contributed by atoms with E-state index in [9.17, 15) is 34.5 Å². The van der Waals surface area contributed by atoms with E-state index < -0.39 is 112 Å². The predicted molar refractivity (Wildman–Crippen MR) is 196 cm³/mol. The van der Waals surface area contributed by atoms with E-state index in [0.29, 0.717) is 0 Å². The van der Waals surface area contributed by atoms with Gasteiger partial charge < -0.3 is 58.2 Å². The van der Waals surface area contributed by atoms with Crippen LogP contribution >= 0.6 is 0 Å². The van der Waals surface area contributed by atoms with Crippen LogP contribution in [-0.4, -0.2) is 111 Å². The van der Waals surface area contributed by atoms with Gasteiger partial charge in [0.1, 0.15) is 35.4 Å². The van der Waals surface area contributed by atoms with Crippen molar-refractivity contribution in [2.45, 2.75) is 127 Å². The van der Waals surface area contributed by atoms with Crippen molar-refractivity contribution in [2.24, 2.45) is 16.7 Å². The number of furan rings is 1. The van der Waals surface area contributed by atoms with Crippen molar-refractivity contribution in [3.63, 3.8) is 0 Å². The summed E-state index contributed by atoms with van der Waals surface area (Å²) in [6.45, 7) is 11.9. The smallest absolute Gasteiger partial charge is 0.486 e. The number of esters is 2. The lowest BCUT2D eigenvalue weighted by Gasteiger charge is -2.67. The number of Topliss-reactive ketones (excluding diaryl/α,β-unsaturated/α-hetero) is 1. The summed E-state index contributed by atoms with van der Waals surface area (Å²) in [6, 6.07) is 9.66. The van der Waals surface area contributed by atoms with Crippen LogP contribution in [0.1, 0.15) is 73.6 Å². The first-order valence-electron chi connectivity index (χ1n) is 19.1. The molecule has 4 N–H and O–H groups in total. The average molecular weight is 812 g/mol. The Hall–Kier alpha value is -4.97. The minimum absolute atomic E-state index is 0.0316. The molecule has 2 saturated carbocycles. The number of ether oxygens (including phenoxy) is 7. The fraction of sp³-hybridized carbons (Fsp3) is 0.585. The number of para-hydroxylation sites is 1. The van der Waals surface area contributed by atoms with Gasteiger partial charge in [-0.05, 0) is 70.0 Å². The molecule has 3 heterocycles. The van der Waals surface area contributed by atoms with Crippen LogP contribution in [0.15, 0.2) is 64.3 Å². The molecule has 2 aliphatic heterocycles. The van der Waals surface area contributed by atoms with Crippen molar-refractivity contribution in [2.75, 3.05) is 6.61 Å². The SMILES string of the molecule is CC(=O)O[C@@]12COC1C[C@H](O)[C@@]1(C)C(=O)[C@H](O)C3=C(C)[C@@H](OC(=O)[C@H](O)[C@@H](NC(=O)OC(C)(C)C)c4ccco4)[C@@H]4OC(=O)O[C@]4([C@@H](Oc4ccccc4)C21)C3(C)C. The number of aliphatic hydroxyl groups excluding tert-OH is 3. The Kier molecular flexibility index (Phi) is 10.0. The number of alkyl carbamates (subject to hydrolysis) is 1. The third-order valence-corrected chi connectivity index (χ3v) is 12.5. The summed E-state index contributed by atoms with van der Waals surface area (Å²) in [5, 5.41) is 38.3. The van der Waals surface area contributed by atoms with Crippen LogP contribution in [0.3, 0.4) is 0 Å². The number of rotatable bonds is 8. The maximum absolute atomic E-state index is 15.1. The highest BCUT2D eigenvalue weighted by Gasteiger charge is 2.82. The van der Waals surface area contributed by atoms with E-state index in [1.54, 1.807) is 65.0 Å². The molecule has 1 amide bonds. The first kappa shape index (κ1) is 41.2. The van der Waals surface area contributed by atoms with Crippen LogP contribution in [0.5, 0.6) is 5.75 Å². The third-order valence-electron chi connectivity index (χ3n) is 12.5. The molecule has 2 unspecified atom stereocenters. The van der Waals surface area contributed by atoms with Crippen molar-refractivity contribution in [1.29, 1.82) is 0 Å². The van der Waals surface area contributed by atoms with E-state index in [4.69, 9.17) is 37.6 Å². The Morgan fingerprint density at radius 3 is 2.29 bits per heavy atom. The van der Waals surface area contributed by atoms with Gasteiger partial charge in [0.2, 0.25) is 5.60 Å². The van der Waals surface area contributed by atoms with Crippen LogP contribution < -0.4 is 10.1 Å². The zero-order valence-corrected chi connectivity index (χ0v) is 33.4. The lowest BCUT2D eigenvalue weighted by atomic mass is 9.44. The molecule has 2 aromatic rings. The second-order valence-electron chi connectivity index (χ2n) is 17.3. The van der Waals surface area contributed by atoms with Gasteiger partial charge in [0.25, 0.3) is 0 Å². The highest BCUT2D eigenvalue weighted by atomic mass is 16.8. The van der Waals surface area contributed by atoms with Gasteiger partial charge in [0.15, 0.2) is 35.8 Å². The van der Waals surface area contributed by atoms with E-state index in [1.807, 2.05) is 0 Å². The summed E-state index contributed by atoms with van der Waals surface area (Å²) in [4.78, 5) is 68.9. The standard InChI is InChI=1S/C41H49NO16/c1-19-25-27(45)31(47)39(8)23(44)17-24-40(18-52-24,56-20(2)43)30(39)33(53-21-13-10-9-11-14-21)41(38(25,6)7)32(55-36(50)58-41)29(19)54-34(48)28(46)26(22-15-12-16-51-22)42-35(49)57-37(3,4)5/h9-16,23-24,26-30,32-33,44-46H,17-18H2,1-8H3,(H,42,49)/t23-,24?,26-,27+,28+,29+,30?,32-,33-,39+,40-,41+/m0/s1. The quantitative estimate of drug-likeness (QED) is 0.170. The number of fused-ring (bicyclic) bond motifs is 4. The number of amides is 1. The lowest BCUT2D eigenvalue weighted by Crippen LogP contribution is -2.83. The molecule has 0 radical (unpaired) electrons. The predicted octanol–water partition coefficient (Wildman–Crippen LogP) is 3.23. The zero-order chi connectivity index (χ0) is 42.3. The molecule has 1 aromatic heterocycles. The summed E-state index contributed by atoms with van der Waals surface area (Å²) in [5.41, 5.74) is -8.26. The molecule has 2 bridgehead atoms. The molecule has 17 nitrogen and oxygen atoms in total. The summed E-state index contributed by atoms with van der Waals surface area (Å²) < 4.78 is 48.0. The second kappa shape index (κ2) is 14.1. The van der Waals surface area contributed by atoms with Crippen molar-refractivity contribution in [1.82, 2.24) is 5.32 Å². The van der Waals surface area contributed by atoms with Crippen molar-refractivity contribution >= 4 is 30.0 Å². The van der Waals surface area contributed by atoms with Gasteiger partial charge >= 0.3 is 24.2 Å². The van der Waals surface area contributed by atoms with E-state index in [0.717, 1.165) is 0 Å². The molecular weight excluding hydrogens is 762 g/mol. The second-order valence-corrected chi connectivity index (χ2v) is 17.3. The molecular formula is C41H49NO16. The van der Waals surface area contributed by atoms with E-state index in [2.05, 4.69) is 5.32 Å². The van der Waals surface area contributed by atoms with Gasteiger partial charge in [0, 0.05) is 18.8 Å². The molecule has 1 aromatic carbocycles. The monoisotopic (exact) mass is 811 g/mol. The normalized spacial score (nSPS) is 35.8. The maximum Gasteiger partial charge on any atom is 0.509 e. The number of hydrogen-bond donors (Lipinski definition) is 4. The molecule has 314 valence electrons. The molecule has 2 saturated heterocycles. The molecule has 1 spiro atoms. The topological polar surface area (TPSA) is 236 Å². The Bertz CT molecular complexity index is 2010. The van der Waals surface area contributed by atoms with Crippen molar-refractivity contribution < 1.29 is 76.9 Å². The lowest BCUT2D eigenvalue weighted by molar-refractivity contribution is -0.343. The fourth-order valence-electron chi connectivity index (χ4n) is 9.96. The van der Waals surface area contributed by atoms with Gasteiger partial charge in [-0.25, -0.2) is 14.4 Å². The molecule has 4 fully saturated rings. The van der Waals surface area contributed by atoms with E-state index in [-0.39, 0.29) is 35.7 Å². The number of aliphatic hydroxyl groups is 3. The summed E-state index contributed by atoms with van der Waals surface area (Å²) in [7, 11) is 0. The summed E-state index contributed by atoms with van der Waals surface area (Å²) in [6.07, 6.45) is -12.6. The first-order chi connectivity index (χ1) is 27.1. The Balaban J connectivity index is 1.41. The van der Waals surface area contributed by atoms with Gasteiger partial charge in [-0.1, -0.05) is 32.0 Å². The van der Waals surface area contributed by atoms with E-state index in [1.165, 1.54) is 39.2 Å². The van der Waals surface area contributed by atoms with Crippen molar-refractivity contribution in [3.8, 4) is 5.75 Å². The number of carbonyl (C=O) groups excluding carboxylic acids is 5. The number of benzene rings is 1. The molecule has 3 aliphatic carbocycles. The largest absolute Gasteiger partial charge is 0.509 e. The van der Waals surface area contributed by atoms with Crippen molar-refractivity contribution in [3.05, 3.63) is 65.6 Å². The first-order valence-corrected chi connectivity index (χ1v) is 19.1. The van der Waals surface area contributed by atoms with Crippen LogP contribution in [0, 0.1) is 16.7 Å². The minimum atomic E-state index is -2.16. The Morgan fingerprint density at radius 2 is 1.71 bits per heavy atom. The van der Waals surface area contributed by atoms with Crippen LogP contribution in [0.4, 0.5) is 9.59 Å². The highest BCUT2D eigenvalue weighted by molar-refractivity contribution is 5.94. The Morgan fingerprint density at radius 1 is 1.02 bits per heavy atom. The average Bonchev–Trinajstić information content (AvgIpc) is 3.80. The summed E-state index contributed by atoms with van der Waals surface area (Å²) in [5.74, 6) is -4.16. The minimum Gasteiger partial charge on any atom is -0.486 e. The highest BCUT2D eigenvalue weighted by Crippen LogP contribution is 2.66. The number of ketones is 1. The molecule has 7 rings (SSSR count). The van der Waals surface area contributed by atoms with Gasteiger partial charge in [-0.2, -0.15) is 0 Å². The summed E-state index contributed by atoms with van der Waals surface area (Å²) >= 11 is 0. The van der Waals surface area contributed by atoms with E-state index >= 15 is 4.79 Å². The molecule has 17 heteroatoms. The van der Waals surface area contributed by atoms with Gasteiger partial charge in [-0.15, -0.1) is 0 Å². The fourth-order valence-corrected chi connectivity index (χ4v) is 9.96. The van der Waals surface area contributed by atoms with Crippen LogP contribution in [0.2, 0.25) is 0 Å². The molecule has 12 atom stereocenters. The van der Waals surface area contributed by atoms with Gasteiger partial charge in [-0.3, -0.25) is 9.59 Å². The van der Waals surface area contributed by atoms with Crippen LogP contribution in [0.25, 0.3) is 0 Å². The Labute approximate surface area is 333 Å². The zero-order valence-electron chi connectivity index (χ0n) is 33.4. The molecule has 5 aliphatic rings. The van der Waals surface area contributed by atoms with Gasteiger partial charge in [0.05, 0.1) is 30.3 Å². The third kappa shape index (κ3) is 6.16. The number of carbonyl (C=O) groups is 5. The number of nitrogens with one attached hydrogen (secondary N) is 1. The maximum atomic E-state index is 15.1. The number of hydrogen-bond acceptors (Lipinski definition) is 16. The van der Waals surface area contributed by atoms with Crippen LogP contribution in [-0.2, 0) is 42.8 Å². The molecule has 58 heavy (non-hydrogen) atoms.